The van der Waals surface area contributed by atoms with E-state index in [1.54, 1.807) is 0 Å². The largest absolute Gasteiger partial charge is 0.386 e. The molecule has 3 aromatic carbocycles. The summed E-state index contributed by atoms with van der Waals surface area (Å²) in [6.45, 7) is 6.49. The van der Waals surface area contributed by atoms with Crippen molar-refractivity contribution >= 4 is 5.71 Å². The maximum atomic E-state index is 6.04. The van der Waals surface area contributed by atoms with Gasteiger partial charge in [-0.3, -0.25) is 0 Å². The molecule has 0 saturated heterocycles. The summed E-state index contributed by atoms with van der Waals surface area (Å²) in [7, 11) is 0. The van der Waals surface area contributed by atoms with E-state index in [0.717, 1.165) is 5.71 Å². The number of fused-ring (bicyclic) bond motifs is 6. The topological polar surface area (TPSA) is 21.6 Å². The molecule has 2 heteroatoms. The highest BCUT2D eigenvalue weighted by atomic mass is 16.6. The van der Waals surface area contributed by atoms with Crippen molar-refractivity contribution in [2.45, 2.75) is 32.8 Å². The van der Waals surface area contributed by atoms with E-state index in [1.807, 2.05) is 0 Å². The monoisotopic (exact) mass is 339 g/mol. The van der Waals surface area contributed by atoms with Crippen molar-refractivity contribution in [3.8, 4) is 11.1 Å². The highest BCUT2D eigenvalue weighted by Gasteiger charge is 2.43. The lowest BCUT2D eigenvalue weighted by Crippen LogP contribution is -2.22. The molecule has 0 N–H and O–H groups in total. The van der Waals surface area contributed by atoms with Crippen molar-refractivity contribution in [1.82, 2.24) is 0 Å². The molecule has 0 fully saturated rings. The first-order chi connectivity index (χ1) is 12.6. The summed E-state index contributed by atoms with van der Waals surface area (Å²) in [5, 5.41) is 4.62. The molecule has 1 heterocycles. The molecular formula is C24H21NO. The van der Waals surface area contributed by atoms with Gasteiger partial charge in [0.15, 0.2) is 6.10 Å². The fourth-order valence-electron chi connectivity index (χ4n) is 4.71. The van der Waals surface area contributed by atoms with Gasteiger partial charge >= 0.3 is 0 Å². The number of hydrogen-bond donors (Lipinski definition) is 0. The van der Waals surface area contributed by atoms with E-state index < -0.39 is 0 Å². The van der Waals surface area contributed by atoms with Gasteiger partial charge in [0.05, 0.1) is 11.6 Å². The average molecular weight is 339 g/mol. The minimum Gasteiger partial charge on any atom is -0.386 e. The third kappa shape index (κ3) is 2.08. The van der Waals surface area contributed by atoms with Crippen LogP contribution in [-0.2, 0) is 4.84 Å². The van der Waals surface area contributed by atoms with Crippen LogP contribution in [0.5, 0.6) is 0 Å². The molecule has 0 aromatic heterocycles. The van der Waals surface area contributed by atoms with E-state index >= 15 is 0 Å². The van der Waals surface area contributed by atoms with Gasteiger partial charge in [-0.1, -0.05) is 71.4 Å². The highest BCUT2D eigenvalue weighted by molar-refractivity contribution is 6.09. The van der Waals surface area contributed by atoms with Crippen LogP contribution in [0, 0.1) is 20.8 Å². The molecule has 3 aromatic rings. The zero-order chi connectivity index (χ0) is 17.8. The first kappa shape index (κ1) is 15.4. The van der Waals surface area contributed by atoms with Crippen LogP contribution in [0.25, 0.3) is 11.1 Å². The molecule has 0 radical (unpaired) electrons. The minimum atomic E-state index is -0.0452. The third-order valence-electron chi connectivity index (χ3n) is 5.65. The summed E-state index contributed by atoms with van der Waals surface area (Å²) in [6, 6.07) is 21.7. The van der Waals surface area contributed by atoms with Gasteiger partial charge in [0, 0.05) is 11.1 Å². The Morgan fingerprint density at radius 1 is 0.769 bits per heavy atom. The van der Waals surface area contributed by atoms with Crippen LogP contribution in [0.3, 0.4) is 0 Å². The second kappa shape index (κ2) is 5.57. The second-order valence-corrected chi connectivity index (χ2v) is 7.43. The molecule has 1 aliphatic carbocycles. The zero-order valence-corrected chi connectivity index (χ0v) is 15.3. The zero-order valence-electron chi connectivity index (χ0n) is 15.3. The van der Waals surface area contributed by atoms with E-state index in [9.17, 15) is 0 Å². The number of oxime groups is 1. The van der Waals surface area contributed by atoms with Gasteiger partial charge in [-0.25, -0.2) is 0 Å². The molecule has 0 amide bonds. The van der Waals surface area contributed by atoms with Crippen molar-refractivity contribution in [1.29, 1.82) is 0 Å². The van der Waals surface area contributed by atoms with Gasteiger partial charge in [-0.2, -0.15) is 0 Å². The van der Waals surface area contributed by atoms with Crippen molar-refractivity contribution < 1.29 is 4.84 Å². The third-order valence-corrected chi connectivity index (χ3v) is 5.65. The maximum Gasteiger partial charge on any atom is 0.165 e. The van der Waals surface area contributed by atoms with Crippen molar-refractivity contribution in [2.75, 3.05) is 0 Å². The van der Waals surface area contributed by atoms with Crippen LogP contribution in [0.2, 0.25) is 0 Å². The lowest BCUT2D eigenvalue weighted by molar-refractivity contribution is 0.0756. The van der Waals surface area contributed by atoms with Gasteiger partial charge in [0.2, 0.25) is 0 Å². The van der Waals surface area contributed by atoms with E-state index in [0.29, 0.717) is 0 Å². The van der Waals surface area contributed by atoms with Gasteiger partial charge in [-0.05, 0) is 48.6 Å². The predicted octanol–water partition coefficient (Wildman–Crippen LogP) is 5.85. The molecule has 5 rings (SSSR count). The van der Waals surface area contributed by atoms with Gasteiger partial charge < -0.3 is 4.84 Å². The molecule has 128 valence electrons. The quantitative estimate of drug-likeness (QED) is 0.545. The van der Waals surface area contributed by atoms with Crippen LogP contribution < -0.4 is 0 Å². The van der Waals surface area contributed by atoms with Crippen LogP contribution in [0.15, 0.2) is 65.8 Å². The molecule has 2 nitrogen and oxygen atoms in total. The molecular weight excluding hydrogens is 318 g/mol. The van der Waals surface area contributed by atoms with Crippen LogP contribution >= 0.6 is 0 Å². The summed E-state index contributed by atoms with van der Waals surface area (Å²) in [5.41, 5.74) is 11.2. The Kier molecular flexibility index (Phi) is 3.30. The summed E-state index contributed by atoms with van der Waals surface area (Å²) < 4.78 is 0. The SMILES string of the molecule is Cc1cc(C)c(C2=NO[C@@H]3c4ccccc4-c4ccccc4[C@H]23)c(C)c1. The van der Waals surface area contributed by atoms with Crippen molar-refractivity contribution in [3.63, 3.8) is 0 Å². The normalized spacial score (nSPS) is 19.9. The lowest BCUT2D eigenvalue weighted by Gasteiger charge is -2.30. The summed E-state index contributed by atoms with van der Waals surface area (Å²) in [5.74, 6) is 0.140. The molecule has 26 heavy (non-hydrogen) atoms. The molecule has 0 spiro atoms. The highest BCUT2D eigenvalue weighted by Crippen LogP contribution is 2.51. The summed E-state index contributed by atoms with van der Waals surface area (Å²) >= 11 is 0. The fourth-order valence-corrected chi connectivity index (χ4v) is 4.71. The first-order valence-corrected chi connectivity index (χ1v) is 9.15. The predicted molar refractivity (Wildman–Crippen MR) is 106 cm³/mol. The molecule has 0 saturated carbocycles. The smallest absolute Gasteiger partial charge is 0.165 e. The van der Waals surface area contributed by atoms with Gasteiger partial charge in [0.25, 0.3) is 0 Å². The molecule has 2 aliphatic rings. The standard InChI is InChI=1S/C24H21NO/c1-14-12-15(2)21(16(3)13-14)23-22-19-10-6-4-8-17(19)18-9-5-7-11-20(18)24(22)26-25-23/h4-13,22,24H,1-3H3/t22-,24-/m1/s1. The van der Waals surface area contributed by atoms with E-state index in [-0.39, 0.29) is 12.0 Å². The first-order valence-electron chi connectivity index (χ1n) is 9.15. The molecule has 1 aliphatic heterocycles. The number of rotatable bonds is 1. The van der Waals surface area contributed by atoms with Crippen LogP contribution in [-0.4, -0.2) is 5.71 Å². The second-order valence-electron chi connectivity index (χ2n) is 7.43. The van der Waals surface area contributed by atoms with Gasteiger partial charge in [0.1, 0.15) is 0 Å². The van der Waals surface area contributed by atoms with Gasteiger partial charge in [-0.15, -0.1) is 0 Å². The Labute approximate surface area is 154 Å². The Morgan fingerprint density at radius 3 is 2.04 bits per heavy atom. The average Bonchev–Trinajstić information content (AvgIpc) is 3.06. The van der Waals surface area contributed by atoms with Crippen molar-refractivity contribution in [2.24, 2.45) is 5.16 Å². The van der Waals surface area contributed by atoms with Crippen LogP contribution in [0.1, 0.15) is 45.4 Å². The number of nitrogens with zero attached hydrogens (tertiary/aromatic N) is 1. The Hall–Kier alpha value is -2.87. The maximum absolute atomic E-state index is 6.04. The molecule has 0 unspecified atom stereocenters. The summed E-state index contributed by atoms with van der Waals surface area (Å²) in [6.07, 6.45) is -0.0452. The summed E-state index contributed by atoms with van der Waals surface area (Å²) in [4.78, 5) is 6.04. The Bertz CT molecular complexity index is 1040. The minimum absolute atomic E-state index is 0.0452. The number of hydrogen-bond acceptors (Lipinski definition) is 2. The van der Waals surface area contributed by atoms with Crippen molar-refractivity contribution in [3.05, 3.63) is 94.0 Å². The number of benzene rings is 3. The van der Waals surface area contributed by atoms with E-state index in [4.69, 9.17) is 4.84 Å². The Balaban J connectivity index is 1.74. The Morgan fingerprint density at radius 2 is 1.35 bits per heavy atom. The molecule has 2 atom stereocenters. The van der Waals surface area contributed by atoms with Crippen LogP contribution in [0.4, 0.5) is 0 Å². The fraction of sp³-hybridized carbons (Fsp3) is 0.208. The van der Waals surface area contributed by atoms with E-state index in [2.05, 4.69) is 86.6 Å². The van der Waals surface area contributed by atoms with E-state index in [1.165, 1.54) is 44.5 Å². The number of aryl methyl sites for hydroxylation is 3. The molecule has 0 bridgehead atoms. The lowest BCUT2D eigenvalue weighted by atomic mass is 9.73.